The molecule has 0 saturated heterocycles. The lowest BCUT2D eigenvalue weighted by Gasteiger charge is -2.05. The molecule has 0 aromatic heterocycles. The minimum Gasteiger partial charge on any atom is -0.504 e. The SMILES string of the molecule is Nc1ccc(-c2cccc(F)c2O)cc1. The van der Waals surface area contributed by atoms with E-state index in [9.17, 15) is 9.50 Å². The second kappa shape index (κ2) is 3.61. The number of halogens is 1. The van der Waals surface area contributed by atoms with Crippen molar-refractivity contribution in [3.8, 4) is 16.9 Å². The molecule has 0 heterocycles. The molecule has 15 heavy (non-hydrogen) atoms. The van der Waals surface area contributed by atoms with Crippen LogP contribution in [0.25, 0.3) is 11.1 Å². The van der Waals surface area contributed by atoms with Gasteiger partial charge >= 0.3 is 0 Å². The number of para-hydroxylation sites is 1. The minimum absolute atomic E-state index is 0.331. The maximum atomic E-state index is 13.1. The number of phenols is 1. The smallest absolute Gasteiger partial charge is 0.165 e. The average molecular weight is 203 g/mol. The van der Waals surface area contributed by atoms with Crippen LogP contribution in [-0.4, -0.2) is 5.11 Å². The Morgan fingerprint density at radius 1 is 1.00 bits per heavy atom. The Kier molecular flexibility index (Phi) is 2.29. The summed E-state index contributed by atoms with van der Waals surface area (Å²) < 4.78 is 13.1. The van der Waals surface area contributed by atoms with Crippen LogP contribution in [0.5, 0.6) is 5.75 Å². The Morgan fingerprint density at radius 3 is 2.33 bits per heavy atom. The van der Waals surface area contributed by atoms with Crippen molar-refractivity contribution in [1.82, 2.24) is 0 Å². The molecule has 0 unspecified atom stereocenters. The highest BCUT2D eigenvalue weighted by atomic mass is 19.1. The van der Waals surface area contributed by atoms with E-state index < -0.39 is 5.82 Å². The summed E-state index contributed by atoms with van der Waals surface area (Å²) in [4.78, 5) is 0. The van der Waals surface area contributed by atoms with Crippen molar-refractivity contribution in [2.75, 3.05) is 5.73 Å². The third kappa shape index (κ3) is 1.76. The maximum Gasteiger partial charge on any atom is 0.165 e. The second-order valence-electron chi connectivity index (χ2n) is 3.26. The molecule has 0 fully saturated rings. The van der Waals surface area contributed by atoms with E-state index in [4.69, 9.17) is 5.73 Å². The Balaban J connectivity index is 2.54. The number of hydrogen-bond acceptors (Lipinski definition) is 2. The molecule has 2 aromatic rings. The van der Waals surface area contributed by atoms with Crippen LogP contribution in [0, 0.1) is 5.82 Å². The van der Waals surface area contributed by atoms with Gasteiger partial charge in [-0.25, -0.2) is 4.39 Å². The maximum absolute atomic E-state index is 13.1. The molecular formula is C12H10FNO. The summed E-state index contributed by atoms with van der Waals surface area (Å²) in [5.41, 5.74) is 7.37. The summed E-state index contributed by atoms with van der Waals surface area (Å²) in [6, 6.07) is 11.3. The zero-order valence-electron chi connectivity index (χ0n) is 7.94. The molecule has 2 aromatic carbocycles. The predicted molar refractivity (Wildman–Crippen MR) is 57.9 cm³/mol. The summed E-state index contributed by atoms with van der Waals surface area (Å²) in [6.07, 6.45) is 0. The number of aromatic hydroxyl groups is 1. The summed E-state index contributed by atoms with van der Waals surface area (Å²) >= 11 is 0. The van der Waals surface area contributed by atoms with Gasteiger partial charge in [0.15, 0.2) is 11.6 Å². The first kappa shape index (κ1) is 9.52. The van der Waals surface area contributed by atoms with E-state index in [1.165, 1.54) is 6.07 Å². The summed E-state index contributed by atoms with van der Waals surface area (Å²) in [5.74, 6) is -0.952. The predicted octanol–water partition coefficient (Wildman–Crippen LogP) is 2.78. The summed E-state index contributed by atoms with van der Waals surface area (Å²) in [7, 11) is 0. The molecule has 0 saturated carbocycles. The van der Waals surface area contributed by atoms with Gasteiger partial charge in [-0.2, -0.15) is 0 Å². The van der Waals surface area contributed by atoms with Crippen molar-refractivity contribution in [3.05, 3.63) is 48.3 Å². The molecule has 3 N–H and O–H groups in total. The van der Waals surface area contributed by atoms with Crippen molar-refractivity contribution >= 4 is 5.69 Å². The van der Waals surface area contributed by atoms with Gasteiger partial charge in [-0.15, -0.1) is 0 Å². The Labute approximate surface area is 86.8 Å². The van der Waals surface area contributed by atoms with Crippen molar-refractivity contribution in [1.29, 1.82) is 0 Å². The van der Waals surface area contributed by atoms with Gasteiger partial charge in [-0.1, -0.05) is 24.3 Å². The van der Waals surface area contributed by atoms with E-state index in [-0.39, 0.29) is 5.75 Å². The van der Waals surface area contributed by atoms with Crippen molar-refractivity contribution in [2.24, 2.45) is 0 Å². The third-order valence-electron chi connectivity index (χ3n) is 2.21. The molecule has 0 aliphatic heterocycles. The number of rotatable bonds is 1. The highest BCUT2D eigenvalue weighted by Crippen LogP contribution is 2.31. The van der Waals surface area contributed by atoms with E-state index in [1.54, 1.807) is 36.4 Å². The minimum atomic E-state index is -0.621. The van der Waals surface area contributed by atoms with Gasteiger partial charge in [0.1, 0.15) is 0 Å². The van der Waals surface area contributed by atoms with E-state index in [2.05, 4.69) is 0 Å². The summed E-state index contributed by atoms with van der Waals surface area (Å²) in [6.45, 7) is 0. The topological polar surface area (TPSA) is 46.2 Å². The van der Waals surface area contributed by atoms with Gasteiger partial charge in [0, 0.05) is 11.3 Å². The molecule has 0 amide bonds. The number of benzene rings is 2. The molecule has 0 spiro atoms. The molecule has 0 atom stereocenters. The Bertz CT molecular complexity index is 479. The fourth-order valence-electron chi connectivity index (χ4n) is 1.41. The van der Waals surface area contributed by atoms with Crippen LogP contribution >= 0.6 is 0 Å². The first-order chi connectivity index (χ1) is 7.18. The lowest BCUT2D eigenvalue weighted by atomic mass is 10.0. The number of phenolic OH excluding ortho intramolecular Hbond substituents is 1. The second-order valence-corrected chi connectivity index (χ2v) is 3.26. The highest BCUT2D eigenvalue weighted by molar-refractivity contribution is 5.71. The first-order valence-corrected chi connectivity index (χ1v) is 4.52. The standard InChI is InChI=1S/C12H10FNO/c13-11-3-1-2-10(12(11)15)8-4-6-9(14)7-5-8/h1-7,15H,14H2. The first-order valence-electron chi connectivity index (χ1n) is 4.52. The number of nitrogens with two attached hydrogens (primary N) is 1. The molecule has 76 valence electrons. The molecular weight excluding hydrogens is 193 g/mol. The monoisotopic (exact) mass is 203 g/mol. The Hall–Kier alpha value is -2.03. The van der Waals surface area contributed by atoms with Crippen LogP contribution in [-0.2, 0) is 0 Å². The largest absolute Gasteiger partial charge is 0.504 e. The van der Waals surface area contributed by atoms with Crippen LogP contribution in [0.1, 0.15) is 0 Å². The molecule has 0 aliphatic rings. The van der Waals surface area contributed by atoms with E-state index in [0.29, 0.717) is 11.3 Å². The van der Waals surface area contributed by atoms with Gasteiger partial charge < -0.3 is 10.8 Å². The van der Waals surface area contributed by atoms with Crippen LogP contribution in [0.3, 0.4) is 0 Å². The molecule has 3 heteroatoms. The van der Waals surface area contributed by atoms with Crippen LogP contribution < -0.4 is 5.73 Å². The van der Waals surface area contributed by atoms with Gasteiger partial charge in [-0.3, -0.25) is 0 Å². The zero-order chi connectivity index (χ0) is 10.8. The fraction of sp³-hybridized carbons (Fsp3) is 0. The summed E-state index contributed by atoms with van der Waals surface area (Å²) in [5, 5.41) is 9.51. The molecule has 2 nitrogen and oxygen atoms in total. The molecule has 2 rings (SSSR count). The average Bonchev–Trinajstić information content (AvgIpc) is 2.24. The highest BCUT2D eigenvalue weighted by Gasteiger charge is 2.07. The quantitative estimate of drug-likeness (QED) is 0.700. The lowest BCUT2D eigenvalue weighted by Crippen LogP contribution is -1.85. The van der Waals surface area contributed by atoms with Gasteiger partial charge in [-0.05, 0) is 23.8 Å². The molecule has 0 radical (unpaired) electrons. The zero-order valence-corrected chi connectivity index (χ0v) is 7.94. The van der Waals surface area contributed by atoms with E-state index in [0.717, 1.165) is 5.56 Å². The third-order valence-corrected chi connectivity index (χ3v) is 2.21. The van der Waals surface area contributed by atoms with Crippen LogP contribution in [0.2, 0.25) is 0 Å². The van der Waals surface area contributed by atoms with E-state index in [1.807, 2.05) is 0 Å². The number of nitrogen functional groups attached to an aromatic ring is 1. The number of anilines is 1. The van der Waals surface area contributed by atoms with Crippen molar-refractivity contribution < 1.29 is 9.50 Å². The Morgan fingerprint density at radius 2 is 1.67 bits per heavy atom. The molecule has 0 bridgehead atoms. The normalized spacial score (nSPS) is 10.2. The van der Waals surface area contributed by atoms with Gasteiger partial charge in [0.05, 0.1) is 0 Å². The number of hydrogen-bond donors (Lipinski definition) is 2. The molecule has 0 aliphatic carbocycles. The van der Waals surface area contributed by atoms with Gasteiger partial charge in [0.2, 0.25) is 0 Å². The van der Waals surface area contributed by atoms with Gasteiger partial charge in [0.25, 0.3) is 0 Å². The van der Waals surface area contributed by atoms with Crippen molar-refractivity contribution in [2.45, 2.75) is 0 Å². The van der Waals surface area contributed by atoms with Crippen LogP contribution in [0.15, 0.2) is 42.5 Å². The van der Waals surface area contributed by atoms with E-state index >= 15 is 0 Å². The fourth-order valence-corrected chi connectivity index (χ4v) is 1.41. The van der Waals surface area contributed by atoms with Crippen molar-refractivity contribution in [3.63, 3.8) is 0 Å². The van der Waals surface area contributed by atoms with Crippen LogP contribution in [0.4, 0.5) is 10.1 Å². The lowest BCUT2D eigenvalue weighted by molar-refractivity contribution is 0.434.